The first-order valence-electron chi connectivity index (χ1n) is 7.91. The van der Waals surface area contributed by atoms with E-state index in [0.29, 0.717) is 0 Å². The fraction of sp³-hybridized carbons (Fsp3) is 0.933. The van der Waals surface area contributed by atoms with Crippen molar-refractivity contribution >= 4 is 17.7 Å². The van der Waals surface area contributed by atoms with E-state index < -0.39 is 0 Å². The minimum Gasteiger partial charge on any atom is -0.356 e. The molecular weight excluding hydrogens is 268 g/mol. The predicted octanol–water partition coefficient (Wildman–Crippen LogP) is 2.17. The van der Waals surface area contributed by atoms with Gasteiger partial charge in [-0.3, -0.25) is 4.99 Å². The Morgan fingerprint density at radius 2 is 1.90 bits per heavy atom. The fourth-order valence-corrected chi connectivity index (χ4v) is 3.04. The summed E-state index contributed by atoms with van der Waals surface area (Å²) in [7, 11) is 4.12. The molecule has 0 aromatic rings. The minimum absolute atomic E-state index is 0.822. The van der Waals surface area contributed by atoms with Crippen LogP contribution in [-0.4, -0.2) is 62.6 Å². The van der Waals surface area contributed by atoms with Crippen LogP contribution in [0.5, 0.6) is 0 Å². The van der Waals surface area contributed by atoms with Gasteiger partial charge in [0, 0.05) is 31.9 Å². The van der Waals surface area contributed by atoms with Gasteiger partial charge in [-0.2, -0.15) is 11.8 Å². The maximum absolute atomic E-state index is 4.24. The van der Waals surface area contributed by atoms with Crippen LogP contribution in [0.1, 0.15) is 38.5 Å². The molecule has 2 N–H and O–H groups in total. The molecule has 0 aliphatic heterocycles. The molecule has 0 saturated heterocycles. The van der Waals surface area contributed by atoms with Gasteiger partial charge in [-0.05, 0) is 39.1 Å². The number of aliphatic imine (C=N–C) groups is 1. The fourth-order valence-electron chi connectivity index (χ4n) is 2.73. The lowest BCUT2D eigenvalue weighted by Crippen LogP contribution is -2.40. The maximum atomic E-state index is 4.24. The molecule has 0 aromatic carbocycles. The van der Waals surface area contributed by atoms with Gasteiger partial charge < -0.3 is 15.5 Å². The third-order valence-electron chi connectivity index (χ3n) is 4.00. The van der Waals surface area contributed by atoms with Crippen LogP contribution >= 0.6 is 11.8 Å². The highest BCUT2D eigenvalue weighted by Gasteiger charge is 2.17. The third kappa shape index (κ3) is 7.39. The van der Waals surface area contributed by atoms with Crippen molar-refractivity contribution in [3.8, 4) is 0 Å². The molecule has 0 spiro atoms. The number of thioether (sulfide) groups is 1. The lowest BCUT2D eigenvalue weighted by atomic mass is 9.94. The largest absolute Gasteiger partial charge is 0.356 e. The molecule has 0 unspecified atom stereocenters. The second-order valence-electron chi connectivity index (χ2n) is 5.54. The number of rotatable bonds is 8. The molecule has 1 fully saturated rings. The van der Waals surface area contributed by atoms with Gasteiger partial charge in [-0.25, -0.2) is 0 Å². The molecule has 0 radical (unpaired) electrons. The summed E-state index contributed by atoms with van der Waals surface area (Å²) in [6.07, 6.45) is 10.3. The van der Waals surface area contributed by atoms with Crippen molar-refractivity contribution in [3.05, 3.63) is 0 Å². The molecule has 0 bridgehead atoms. The van der Waals surface area contributed by atoms with E-state index in [2.05, 4.69) is 33.8 Å². The Labute approximate surface area is 129 Å². The van der Waals surface area contributed by atoms with Crippen LogP contribution in [0.15, 0.2) is 4.99 Å². The summed E-state index contributed by atoms with van der Waals surface area (Å²) in [6, 6.07) is 0.822. The molecular formula is C15H32N4S. The van der Waals surface area contributed by atoms with Crippen molar-refractivity contribution in [2.75, 3.05) is 45.7 Å². The van der Waals surface area contributed by atoms with E-state index in [4.69, 9.17) is 0 Å². The highest BCUT2D eigenvalue weighted by molar-refractivity contribution is 7.98. The third-order valence-corrected chi connectivity index (χ3v) is 4.61. The van der Waals surface area contributed by atoms with Crippen LogP contribution in [0.4, 0.5) is 0 Å². The van der Waals surface area contributed by atoms with Gasteiger partial charge in [0.05, 0.1) is 0 Å². The van der Waals surface area contributed by atoms with Gasteiger partial charge in [-0.1, -0.05) is 19.3 Å². The molecule has 0 atom stereocenters. The van der Waals surface area contributed by atoms with E-state index >= 15 is 0 Å². The minimum atomic E-state index is 0.822. The van der Waals surface area contributed by atoms with Gasteiger partial charge in [-0.15, -0.1) is 0 Å². The van der Waals surface area contributed by atoms with Gasteiger partial charge >= 0.3 is 0 Å². The molecule has 1 rings (SSSR count). The lowest BCUT2D eigenvalue weighted by molar-refractivity contribution is 0.190. The molecule has 4 nitrogen and oxygen atoms in total. The number of hydrogen-bond donors (Lipinski definition) is 2. The van der Waals surface area contributed by atoms with Gasteiger partial charge in [0.15, 0.2) is 5.96 Å². The summed E-state index contributed by atoms with van der Waals surface area (Å²) < 4.78 is 0. The highest BCUT2D eigenvalue weighted by atomic mass is 32.2. The van der Waals surface area contributed by atoms with E-state index in [1.54, 1.807) is 0 Å². The Morgan fingerprint density at radius 1 is 1.20 bits per heavy atom. The van der Waals surface area contributed by atoms with Crippen LogP contribution in [0, 0.1) is 0 Å². The Morgan fingerprint density at radius 3 is 2.55 bits per heavy atom. The summed E-state index contributed by atoms with van der Waals surface area (Å²) in [6.45, 7) is 3.15. The Kier molecular flexibility index (Phi) is 9.93. The average molecular weight is 301 g/mol. The molecule has 1 saturated carbocycles. The molecule has 0 aromatic heterocycles. The Hall–Kier alpha value is -0.420. The van der Waals surface area contributed by atoms with E-state index in [-0.39, 0.29) is 0 Å². The SMILES string of the molecule is CN=C(NCCCN(C)C1CCCCC1)NCCSC. The average Bonchev–Trinajstić information content (AvgIpc) is 2.50. The molecule has 0 heterocycles. The van der Waals surface area contributed by atoms with Gasteiger partial charge in [0.25, 0.3) is 0 Å². The first-order valence-corrected chi connectivity index (χ1v) is 9.31. The van der Waals surface area contributed by atoms with Crippen molar-refractivity contribution in [2.45, 2.75) is 44.6 Å². The summed E-state index contributed by atoms with van der Waals surface area (Å²) in [4.78, 5) is 6.78. The van der Waals surface area contributed by atoms with E-state index in [9.17, 15) is 0 Å². The highest BCUT2D eigenvalue weighted by Crippen LogP contribution is 2.21. The smallest absolute Gasteiger partial charge is 0.191 e. The van der Waals surface area contributed by atoms with Crippen LogP contribution in [0.25, 0.3) is 0 Å². The van der Waals surface area contributed by atoms with Crippen molar-refractivity contribution in [1.29, 1.82) is 0 Å². The first kappa shape index (κ1) is 17.6. The quantitative estimate of drug-likeness (QED) is 0.409. The van der Waals surface area contributed by atoms with Crippen molar-refractivity contribution in [1.82, 2.24) is 15.5 Å². The standard InChI is InChI=1S/C15H32N4S/c1-16-15(18-11-13-20-3)17-10-7-12-19(2)14-8-5-4-6-9-14/h14H,4-13H2,1-3H3,(H2,16,17,18). The summed E-state index contributed by atoms with van der Waals surface area (Å²) in [5.41, 5.74) is 0. The summed E-state index contributed by atoms with van der Waals surface area (Å²) in [5.74, 6) is 2.05. The normalized spacial score (nSPS) is 17.5. The van der Waals surface area contributed by atoms with Gasteiger partial charge in [0.1, 0.15) is 0 Å². The van der Waals surface area contributed by atoms with Crippen molar-refractivity contribution in [3.63, 3.8) is 0 Å². The number of nitrogens with one attached hydrogen (secondary N) is 2. The second-order valence-corrected chi connectivity index (χ2v) is 6.53. The van der Waals surface area contributed by atoms with Crippen LogP contribution in [0.3, 0.4) is 0 Å². The molecule has 0 amide bonds. The summed E-state index contributed by atoms with van der Waals surface area (Å²) >= 11 is 1.85. The molecule has 118 valence electrons. The Bertz CT molecular complexity index is 265. The molecule has 1 aliphatic carbocycles. The van der Waals surface area contributed by atoms with E-state index in [1.807, 2.05) is 18.8 Å². The zero-order chi connectivity index (χ0) is 14.6. The maximum Gasteiger partial charge on any atom is 0.191 e. The van der Waals surface area contributed by atoms with Crippen LogP contribution in [0.2, 0.25) is 0 Å². The monoisotopic (exact) mass is 300 g/mol. The Balaban J connectivity index is 2.07. The van der Waals surface area contributed by atoms with Gasteiger partial charge in [0.2, 0.25) is 0 Å². The number of guanidine groups is 1. The lowest BCUT2D eigenvalue weighted by Gasteiger charge is -2.31. The number of nitrogens with zero attached hydrogens (tertiary/aromatic N) is 2. The molecule has 5 heteroatoms. The molecule has 20 heavy (non-hydrogen) atoms. The topological polar surface area (TPSA) is 39.7 Å². The number of hydrogen-bond acceptors (Lipinski definition) is 3. The second kappa shape index (κ2) is 11.3. The van der Waals surface area contributed by atoms with Crippen molar-refractivity contribution in [2.24, 2.45) is 4.99 Å². The van der Waals surface area contributed by atoms with E-state index in [1.165, 1.54) is 45.1 Å². The van der Waals surface area contributed by atoms with Crippen LogP contribution in [-0.2, 0) is 0 Å². The zero-order valence-electron chi connectivity index (χ0n) is 13.5. The predicted molar refractivity (Wildman–Crippen MR) is 91.9 cm³/mol. The summed E-state index contributed by atoms with van der Waals surface area (Å²) in [5, 5.41) is 6.72. The van der Waals surface area contributed by atoms with Crippen molar-refractivity contribution < 1.29 is 0 Å². The van der Waals surface area contributed by atoms with Crippen LogP contribution < -0.4 is 10.6 Å². The molecule has 1 aliphatic rings. The zero-order valence-corrected chi connectivity index (χ0v) is 14.3. The first-order chi connectivity index (χ1) is 9.77. The van der Waals surface area contributed by atoms with E-state index in [0.717, 1.165) is 30.8 Å².